The van der Waals surface area contributed by atoms with Crippen molar-refractivity contribution in [3.63, 3.8) is 0 Å². The van der Waals surface area contributed by atoms with Crippen molar-refractivity contribution < 1.29 is 18.0 Å². The molecule has 1 heterocycles. The summed E-state index contributed by atoms with van der Waals surface area (Å²) in [7, 11) is 0. The molecule has 1 aromatic heterocycles. The fourth-order valence-electron chi connectivity index (χ4n) is 3.22. The Kier molecular flexibility index (Phi) is 5.31. The Hall–Kier alpha value is -2.35. The van der Waals surface area contributed by atoms with Crippen LogP contribution in [0.4, 0.5) is 13.2 Å². The number of rotatable bonds is 4. The number of hydrogen-bond acceptors (Lipinski definition) is 3. The Morgan fingerprint density at radius 1 is 1.27 bits per heavy atom. The summed E-state index contributed by atoms with van der Waals surface area (Å²) in [5.74, 6) is -0.105. The molecule has 1 fully saturated rings. The molecule has 2 unspecified atom stereocenters. The molecule has 0 bridgehead atoms. The first-order valence-electron chi connectivity index (χ1n) is 8.61. The van der Waals surface area contributed by atoms with E-state index in [0.29, 0.717) is 6.54 Å². The smallest absolute Gasteiger partial charge is 0.350 e. The van der Waals surface area contributed by atoms with Gasteiger partial charge in [-0.15, -0.1) is 0 Å². The molecule has 1 amide bonds. The molecule has 1 aliphatic carbocycles. The van der Waals surface area contributed by atoms with Gasteiger partial charge in [0.15, 0.2) is 5.69 Å². The molecule has 0 spiro atoms. The summed E-state index contributed by atoms with van der Waals surface area (Å²) in [4.78, 5) is 12.3. The molecule has 3 rings (SSSR count). The number of nitrogens with one attached hydrogen (secondary N) is 1. The normalized spacial score (nSPS) is 20.8. The first kappa shape index (κ1) is 18.4. The van der Waals surface area contributed by atoms with Crippen molar-refractivity contribution in [3.8, 4) is 5.69 Å². The Labute approximate surface area is 149 Å². The first-order chi connectivity index (χ1) is 12.3. The number of nitrogens with two attached hydrogens (primary N) is 1. The van der Waals surface area contributed by atoms with Gasteiger partial charge in [-0.25, -0.2) is 4.68 Å². The summed E-state index contributed by atoms with van der Waals surface area (Å²) in [6.07, 6.45) is 1.22. The number of halogens is 3. The first-order valence-corrected chi connectivity index (χ1v) is 8.61. The van der Waals surface area contributed by atoms with E-state index in [-0.39, 0.29) is 29.2 Å². The third kappa shape index (κ3) is 4.24. The van der Waals surface area contributed by atoms with Crippen LogP contribution in [0.15, 0.2) is 36.5 Å². The van der Waals surface area contributed by atoms with E-state index < -0.39 is 11.7 Å². The van der Waals surface area contributed by atoms with Crippen molar-refractivity contribution in [2.75, 3.05) is 6.54 Å². The van der Waals surface area contributed by atoms with Crippen LogP contribution in [0.3, 0.4) is 0 Å². The van der Waals surface area contributed by atoms with Crippen LogP contribution in [0.2, 0.25) is 0 Å². The molecule has 140 valence electrons. The number of benzene rings is 1. The van der Waals surface area contributed by atoms with Crippen LogP contribution in [-0.2, 0) is 6.18 Å². The lowest BCUT2D eigenvalue weighted by molar-refractivity contribution is -0.137. The third-order valence-electron chi connectivity index (χ3n) is 4.75. The summed E-state index contributed by atoms with van der Waals surface area (Å²) < 4.78 is 39.7. The van der Waals surface area contributed by atoms with Crippen molar-refractivity contribution in [2.24, 2.45) is 11.7 Å². The molecule has 0 saturated heterocycles. The molecule has 26 heavy (non-hydrogen) atoms. The van der Waals surface area contributed by atoms with Gasteiger partial charge < -0.3 is 11.1 Å². The topological polar surface area (TPSA) is 72.9 Å². The number of hydrogen-bond donors (Lipinski definition) is 2. The van der Waals surface area contributed by atoms with E-state index in [9.17, 15) is 18.0 Å². The molecule has 1 saturated carbocycles. The minimum Gasteiger partial charge on any atom is -0.350 e. The second kappa shape index (κ2) is 7.49. The Balaban J connectivity index is 1.66. The van der Waals surface area contributed by atoms with Gasteiger partial charge in [0, 0.05) is 18.8 Å². The van der Waals surface area contributed by atoms with Crippen molar-refractivity contribution in [3.05, 3.63) is 47.8 Å². The van der Waals surface area contributed by atoms with E-state index >= 15 is 0 Å². The highest BCUT2D eigenvalue weighted by Gasteiger charge is 2.30. The summed E-state index contributed by atoms with van der Waals surface area (Å²) in [6, 6.07) is 6.38. The van der Waals surface area contributed by atoms with Gasteiger partial charge in [0.05, 0.1) is 11.3 Å². The van der Waals surface area contributed by atoms with Gasteiger partial charge in [0.1, 0.15) is 0 Å². The summed E-state index contributed by atoms with van der Waals surface area (Å²) in [5.41, 5.74) is 5.71. The Morgan fingerprint density at radius 2 is 2.04 bits per heavy atom. The zero-order valence-electron chi connectivity index (χ0n) is 14.2. The van der Waals surface area contributed by atoms with E-state index in [1.165, 1.54) is 29.1 Å². The minimum atomic E-state index is -4.43. The lowest BCUT2D eigenvalue weighted by Crippen LogP contribution is -2.41. The van der Waals surface area contributed by atoms with Gasteiger partial charge in [-0.05, 0) is 43.0 Å². The highest BCUT2D eigenvalue weighted by Crippen LogP contribution is 2.30. The Bertz CT molecular complexity index is 772. The molecule has 5 nitrogen and oxygen atoms in total. The van der Waals surface area contributed by atoms with E-state index in [0.717, 1.165) is 37.8 Å². The average molecular weight is 366 g/mol. The molecule has 2 aromatic rings. The van der Waals surface area contributed by atoms with Gasteiger partial charge in [-0.3, -0.25) is 4.79 Å². The fourth-order valence-corrected chi connectivity index (χ4v) is 3.22. The van der Waals surface area contributed by atoms with Crippen LogP contribution in [0.1, 0.15) is 41.7 Å². The predicted octanol–water partition coefficient (Wildman–Crippen LogP) is 3.14. The fraction of sp³-hybridized carbons (Fsp3) is 0.444. The van der Waals surface area contributed by atoms with Crippen LogP contribution in [0, 0.1) is 5.92 Å². The van der Waals surface area contributed by atoms with Gasteiger partial charge in [0.25, 0.3) is 5.91 Å². The van der Waals surface area contributed by atoms with E-state index in [4.69, 9.17) is 5.73 Å². The van der Waals surface area contributed by atoms with E-state index in [1.54, 1.807) is 0 Å². The molecule has 8 heteroatoms. The van der Waals surface area contributed by atoms with Gasteiger partial charge in [-0.2, -0.15) is 18.3 Å². The Morgan fingerprint density at radius 3 is 2.77 bits per heavy atom. The van der Waals surface area contributed by atoms with E-state index in [2.05, 4.69) is 10.4 Å². The zero-order chi connectivity index (χ0) is 18.7. The highest BCUT2D eigenvalue weighted by atomic mass is 19.4. The van der Waals surface area contributed by atoms with Crippen molar-refractivity contribution in [2.45, 2.75) is 37.9 Å². The predicted molar refractivity (Wildman–Crippen MR) is 90.8 cm³/mol. The zero-order valence-corrected chi connectivity index (χ0v) is 14.2. The van der Waals surface area contributed by atoms with Gasteiger partial charge >= 0.3 is 6.18 Å². The van der Waals surface area contributed by atoms with Crippen LogP contribution < -0.4 is 11.1 Å². The second-order valence-electron chi connectivity index (χ2n) is 6.61. The molecule has 0 radical (unpaired) electrons. The highest BCUT2D eigenvalue weighted by molar-refractivity contribution is 5.92. The summed E-state index contributed by atoms with van der Waals surface area (Å²) in [5, 5.41) is 6.92. The number of carbonyl (C=O) groups excluding carboxylic acids is 1. The van der Waals surface area contributed by atoms with Crippen LogP contribution in [0.5, 0.6) is 0 Å². The van der Waals surface area contributed by atoms with E-state index in [1.807, 2.05) is 0 Å². The lowest BCUT2D eigenvalue weighted by atomic mass is 9.85. The van der Waals surface area contributed by atoms with Crippen LogP contribution in [-0.4, -0.2) is 28.3 Å². The minimum absolute atomic E-state index is 0.0896. The van der Waals surface area contributed by atoms with Crippen LogP contribution in [0.25, 0.3) is 5.69 Å². The molecule has 2 atom stereocenters. The maximum absolute atomic E-state index is 12.8. The van der Waals surface area contributed by atoms with Gasteiger partial charge in [0.2, 0.25) is 0 Å². The largest absolute Gasteiger partial charge is 0.416 e. The standard InChI is InChI=1S/C18H21F3N4O/c19-18(20,21)13-5-3-6-14(10-13)25-9-8-16(24-25)17(26)23-11-12-4-1-2-7-15(12)22/h3,5-6,8-10,12,15H,1-2,4,7,11,22H2,(H,23,26). The number of nitrogens with zero attached hydrogens (tertiary/aromatic N) is 2. The molecule has 3 N–H and O–H groups in total. The monoisotopic (exact) mass is 366 g/mol. The quantitative estimate of drug-likeness (QED) is 0.873. The van der Waals surface area contributed by atoms with Gasteiger partial charge in [-0.1, -0.05) is 18.9 Å². The lowest BCUT2D eigenvalue weighted by Gasteiger charge is -2.28. The number of carbonyl (C=O) groups is 1. The average Bonchev–Trinajstić information content (AvgIpc) is 3.10. The van der Waals surface area contributed by atoms with Crippen molar-refractivity contribution >= 4 is 5.91 Å². The summed E-state index contributed by atoms with van der Waals surface area (Å²) >= 11 is 0. The maximum atomic E-state index is 12.8. The molecular formula is C18H21F3N4O. The molecule has 1 aromatic carbocycles. The number of alkyl halides is 3. The molecule has 1 aliphatic rings. The summed E-state index contributed by atoms with van der Waals surface area (Å²) in [6.45, 7) is 0.483. The second-order valence-corrected chi connectivity index (χ2v) is 6.61. The molecule has 0 aliphatic heterocycles. The number of amides is 1. The maximum Gasteiger partial charge on any atom is 0.416 e. The molecular weight excluding hydrogens is 345 g/mol. The van der Waals surface area contributed by atoms with Crippen molar-refractivity contribution in [1.82, 2.24) is 15.1 Å². The van der Waals surface area contributed by atoms with Crippen LogP contribution >= 0.6 is 0 Å². The van der Waals surface area contributed by atoms with Crippen molar-refractivity contribution in [1.29, 1.82) is 0 Å². The number of aromatic nitrogens is 2. The third-order valence-corrected chi connectivity index (χ3v) is 4.75. The SMILES string of the molecule is NC1CCCCC1CNC(=O)c1ccn(-c2cccc(C(F)(F)F)c2)n1.